The number of urea groups is 1. The maximum Gasteiger partial charge on any atom is 0.321 e. The van der Waals surface area contributed by atoms with Gasteiger partial charge in [-0.2, -0.15) is 4.31 Å². The van der Waals surface area contributed by atoms with E-state index in [0.717, 1.165) is 0 Å². The number of anilines is 1. The molecule has 2 aromatic rings. The van der Waals surface area contributed by atoms with E-state index in [4.69, 9.17) is 9.47 Å². The van der Waals surface area contributed by atoms with Crippen LogP contribution in [-0.2, 0) is 10.0 Å². The van der Waals surface area contributed by atoms with Crippen LogP contribution in [0.25, 0.3) is 0 Å². The summed E-state index contributed by atoms with van der Waals surface area (Å²) in [4.78, 5) is 14.5. The van der Waals surface area contributed by atoms with Crippen LogP contribution >= 0.6 is 0 Å². The molecule has 0 unspecified atom stereocenters. The summed E-state index contributed by atoms with van der Waals surface area (Å²) in [5.41, 5.74) is 1.26. The van der Waals surface area contributed by atoms with Crippen molar-refractivity contribution < 1.29 is 27.8 Å². The molecule has 2 aromatic carbocycles. The Balaban J connectivity index is 1.92. The summed E-state index contributed by atoms with van der Waals surface area (Å²) in [5.74, 6) is 7.20. The van der Waals surface area contributed by atoms with Crippen LogP contribution in [0, 0.1) is 23.7 Å². The van der Waals surface area contributed by atoms with E-state index in [1.165, 1.54) is 15.3 Å². The van der Waals surface area contributed by atoms with Gasteiger partial charge >= 0.3 is 6.03 Å². The van der Waals surface area contributed by atoms with Gasteiger partial charge in [0, 0.05) is 43.2 Å². The molecule has 9 nitrogen and oxygen atoms in total. The highest BCUT2D eigenvalue weighted by atomic mass is 32.2. The number of fused-ring (bicyclic) bond motifs is 1. The van der Waals surface area contributed by atoms with E-state index >= 15 is 0 Å². The molecule has 2 N–H and O–H groups in total. The zero-order valence-corrected chi connectivity index (χ0v) is 24.3. The van der Waals surface area contributed by atoms with Gasteiger partial charge in [-0.3, -0.25) is 0 Å². The second-order valence-corrected chi connectivity index (χ2v) is 12.2. The van der Waals surface area contributed by atoms with Gasteiger partial charge in [-0.15, -0.1) is 0 Å². The Kier molecular flexibility index (Phi) is 10.2. The summed E-state index contributed by atoms with van der Waals surface area (Å²) >= 11 is 0. The second kappa shape index (κ2) is 13.2. The molecule has 0 saturated heterocycles. The number of carbonyl (C=O) groups is 1. The maximum absolute atomic E-state index is 13.6. The van der Waals surface area contributed by atoms with E-state index in [-0.39, 0.29) is 42.3 Å². The van der Waals surface area contributed by atoms with Crippen LogP contribution in [-0.4, -0.2) is 74.8 Å². The van der Waals surface area contributed by atoms with E-state index in [2.05, 4.69) is 31.0 Å². The number of rotatable bonds is 7. The third-order valence-electron chi connectivity index (χ3n) is 6.55. The molecule has 0 saturated carbocycles. The minimum absolute atomic E-state index is 0.0134. The number of likely N-dealkylation sites (N-methyl/N-ethyl adjacent to an activating group) is 1. The van der Waals surface area contributed by atoms with Crippen molar-refractivity contribution in [2.24, 2.45) is 11.8 Å². The van der Waals surface area contributed by atoms with E-state index in [1.54, 1.807) is 57.5 Å². The summed E-state index contributed by atoms with van der Waals surface area (Å²) < 4.78 is 40.1. The Morgan fingerprint density at radius 2 is 1.92 bits per heavy atom. The third kappa shape index (κ3) is 7.66. The lowest BCUT2D eigenvalue weighted by molar-refractivity contribution is 0.0830. The van der Waals surface area contributed by atoms with Gasteiger partial charge in [0.05, 0.1) is 20.3 Å². The highest BCUT2D eigenvalue weighted by Gasteiger charge is 2.38. The van der Waals surface area contributed by atoms with E-state index in [9.17, 15) is 18.3 Å². The number of hydrogen-bond acceptors (Lipinski definition) is 6. The molecule has 0 radical (unpaired) electrons. The fourth-order valence-corrected chi connectivity index (χ4v) is 5.95. The zero-order chi connectivity index (χ0) is 28.7. The van der Waals surface area contributed by atoms with Crippen LogP contribution in [0.5, 0.6) is 11.5 Å². The van der Waals surface area contributed by atoms with Crippen LogP contribution in [0.1, 0.15) is 39.7 Å². The average Bonchev–Trinajstić information content (AvgIpc) is 2.90. The summed E-state index contributed by atoms with van der Waals surface area (Å²) in [6.45, 7) is 7.70. The quantitative estimate of drug-likeness (QED) is 0.498. The summed E-state index contributed by atoms with van der Waals surface area (Å²) in [6.07, 6.45) is 0.185. The molecule has 0 fully saturated rings. The number of sulfonamides is 1. The molecular weight excluding hydrogens is 518 g/mol. The molecule has 0 bridgehead atoms. The smallest absolute Gasteiger partial charge is 0.321 e. The first-order valence-corrected chi connectivity index (χ1v) is 14.5. The number of nitrogens with zero attached hydrogens (tertiary/aromatic N) is 2. The lowest BCUT2D eigenvalue weighted by atomic mass is 10.0. The van der Waals surface area contributed by atoms with E-state index in [1.807, 2.05) is 6.92 Å². The minimum Gasteiger partial charge on any atom is -0.497 e. The van der Waals surface area contributed by atoms with Gasteiger partial charge in [-0.1, -0.05) is 32.6 Å². The number of hydrogen-bond donors (Lipinski definition) is 2. The molecule has 3 atom stereocenters. The standard InChI is InChI=1S/C29H39N3O6S/c1-20(2)8-7-9-23-10-15-28-26(16-23)38-27(21(3)17-32(22(4)19-33)39(28,35)36)18-31(5)29(34)30-24-11-13-25(37-6)14-12-24/h10-16,20-22,27,33H,8,17-19H2,1-6H3,(H,30,34)/t21-,22-,27-/m0/s1. The second-order valence-electron chi connectivity index (χ2n) is 10.3. The van der Waals surface area contributed by atoms with Crippen molar-refractivity contribution in [3.8, 4) is 23.3 Å². The van der Waals surface area contributed by atoms with Crippen molar-refractivity contribution in [2.75, 3.05) is 39.2 Å². The number of carbonyl (C=O) groups excluding carboxylic acids is 1. The average molecular weight is 558 g/mol. The molecule has 0 aromatic heterocycles. The van der Waals surface area contributed by atoms with Gasteiger partial charge in [0.1, 0.15) is 22.5 Å². The number of benzene rings is 2. The predicted molar refractivity (Wildman–Crippen MR) is 151 cm³/mol. The maximum atomic E-state index is 13.6. The van der Waals surface area contributed by atoms with Gasteiger partial charge in [-0.25, -0.2) is 13.2 Å². The van der Waals surface area contributed by atoms with Gasteiger partial charge in [0.2, 0.25) is 10.0 Å². The van der Waals surface area contributed by atoms with Gasteiger partial charge in [0.25, 0.3) is 0 Å². The molecule has 0 aliphatic carbocycles. The molecule has 1 aliphatic heterocycles. The summed E-state index contributed by atoms with van der Waals surface area (Å²) in [5, 5.41) is 12.7. The monoisotopic (exact) mass is 557 g/mol. The topological polar surface area (TPSA) is 108 Å². The highest BCUT2D eigenvalue weighted by molar-refractivity contribution is 7.89. The number of aliphatic hydroxyl groups is 1. The molecular formula is C29H39N3O6S. The van der Waals surface area contributed by atoms with E-state index < -0.39 is 22.2 Å². The fraction of sp³-hybridized carbons (Fsp3) is 0.483. The first kappa shape index (κ1) is 30.3. The first-order chi connectivity index (χ1) is 18.5. The van der Waals surface area contributed by atoms with Gasteiger partial charge in [0.15, 0.2) is 0 Å². The number of ether oxygens (including phenoxy) is 2. The zero-order valence-electron chi connectivity index (χ0n) is 23.5. The molecule has 212 valence electrons. The summed E-state index contributed by atoms with van der Waals surface area (Å²) in [7, 11) is -0.721. The van der Waals surface area contributed by atoms with Crippen molar-refractivity contribution in [2.45, 2.75) is 51.2 Å². The first-order valence-electron chi connectivity index (χ1n) is 13.0. The third-order valence-corrected chi connectivity index (χ3v) is 8.57. The SMILES string of the molecule is COc1ccc(NC(=O)N(C)C[C@@H]2Oc3cc(C#CCC(C)C)ccc3S(=O)(=O)N([C@@H](C)CO)C[C@@H]2C)cc1. The van der Waals surface area contributed by atoms with Gasteiger partial charge < -0.3 is 24.8 Å². The minimum atomic E-state index is -3.96. The molecule has 1 heterocycles. The van der Waals surface area contributed by atoms with Crippen LogP contribution in [0.4, 0.5) is 10.5 Å². The van der Waals surface area contributed by atoms with Crippen molar-refractivity contribution in [1.29, 1.82) is 0 Å². The number of nitrogens with one attached hydrogen (secondary N) is 1. The van der Waals surface area contributed by atoms with Crippen LogP contribution in [0.2, 0.25) is 0 Å². The largest absolute Gasteiger partial charge is 0.497 e. The number of aliphatic hydroxyl groups excluding tert-OH is 1. The molecule has 2 amide bonds. The Labute approximate surface area is 232 Å². The van der Waals surface area contributed by atoms with Crippen molar-refractivity contribution in [1.82, 2.24) is 9.21 Å². The van der Waals surface area contributed by atoms with Crippen LogP contribution < -0.4 is 14.8 Å². The van der Waals surface area contributed by atoms with Crippen molar-refractivity contribution in [3.63, 3.8) is 0 Å². The number of methoxy groups -OCH3 is 1. The lowest BCUT2D eigenvalue weighted by Crippen LogP contribution is -2.50. The van der Waals surface area contributed by atoms with Crippen LogP contribution in [0.15, 0.2) is 47.4 Å². The molecule has 1 aliphatic rings. The molecule has 0 spiro atoms. The summed E-state index contributed by atoms with van der Waals surface area (Å²) in [6, 6.07) is 10.9. The number of amides is 2. The Morgan fingerprint density at radius 1 is 1.23 bits per heavy atom. The Morgan fingerprint density at radius 3 is 2.54 bits per heavy atom. The van der Waals surface area contributed by atoms with Gasteiger partial charge in [-0.05, 0) is 55.3 Å². The Hall–Kier alpha value is -3.26. The highest BCUT2D eigenvalue weighted by Crippen LogP contribution is 2.34. The van der Waals surface area contributed by atoms with E-state index in [0.29, 0.717) is 29.3 Å². The Bertz CT molecular complexity index is 1300. The predicted octanol–water partition coefficient (Wildman–Crippen LogP) is 4.03. The molecule has 3 rings (SSSR count). The lowest BCUT2D eigenvalue weighted by Gasteiger charge is -2.37. The molecule has 10 heteroatoms. The van der Waals surface area contributed by atoms with Crippen molar-refractivity contribution in [3.05, 3.63) is 48.0 Å². The van der Waals surface area contributed by atoms with Crippen molar-refractivity contribution >= 4 is 21.7 Å². The molecule has 39 heavy (non-hydrogen) atoms. The normalized spacial score (nSPS) is 19.4. The fourth-order valence-electron chi connectivity index (χ4n) is 4.12. The van der Waals surface area contributed by atoms with Crippen LogP contribution in [0.3, 0.4) is 0 Å².